The molecule has 2 amide bonds. The summed E-state index contributed by atoms with van der Waals surface area (Å²) in [6.07, 6.45) is 0.654. The Labute approximate surface area is 166 Å². The van der Waals surface area contributed by atoms with Crippen molar-refractivity contribution in [2.75, 3.05) is 31.1 Å². The van der Waals surface area contributed by atoms with Crippen molar-refractivity contribution in [2.45, 2.75) is 6.42 Å². The maximum absolute atomic E-state index is 12.7. The molecule has 146 valence electrons. The van der Waals surface area contributed by atoms with E-state index in [0.29, 0.717) is 48.9 Å². The third kappa shape index (κ3) is 4.23. The van der Waals surface area contributed by atoms with E-state index in [-0.39, 0.29) is 17.2 Å². The lowest BCUT2D eigenvalue weighted by molar-refractivity contribution is -0.384. The van der Waals surface area contributed by atoms with E-state index >= 15 is 0 Å². The van der Waals surface area contributed by atoms with Gasteiger partial charge in [0.2, 0.25) is 5.91 Å². The molecule has 8 nitrogen and oxygen atoms in total. The number of halogens is 1. The van der Waals surface area contributed by atoms with Gasteiger partial charge in [-0.2, -0.15) is 0 Å². The lowest BCUT2D eigenvalue weighted by Crippen LogP contribution is -2.35. The van der Waals surface area contributed by atoms with Gasteiger partial charge in [0.05, 0.1) is 4.92 Å². The van der Waals surface area contributed by atoms with Gasteiger partial charge in [-0.25, -0.2) is 0 Å². The van der Waals surface area contributed by atoms with Gasteiger partial charge in [-0.3, -0.25) is 19.7 Å². The number of benzene rings is 2. The topological polar surface area (TPSA) is 110 Å². The minimum Gasteiger partial charge on any atom is -0.366 e. The van der Waals surface area contributed by atoms with Gasteiger partial charge in [0.15, 0.2) is 0 Å². The first-order valence-corrected chi connectivity index (χ1v) is 9.12. The van der Waals surface area contributed by atoms with Gasteiger partial charge in [-0.1, -0.05) is 17.7 Å². The Balaban J connectivity index is 1.79. The van der Waals surface area contributed by atoms with E-state index in [1.165, 1.54) is 18.2 Å². The largest absolute Gasteiger partial charge is 0.366 e. The van der Waals surface area contributed by atoms with Crippen LogP contribution in [0.15, 0.2) is 42.5 Å². The highest BCUT2D eigenvalue weighted by atomic mass is 35.5. The van der Waals surface area contributed by atoms with E-state index in [4.69, 9.17) is 17.3 Å². The number of hydrogen-bond donors (Lipinski definition) is 1. The minimum atomic E-state index is -0.719. The van der Waals surface area contributed by atoms with Crippen LogP contribution in [0, 0.1) is 10.1 Å². The molecule has 1 saturated heterocycles. The summed E-state index contributed by atoms with van der Waals surface area (Å²) >= 11 is 5.97. The molecule has 2 aromatic carbocycles. The highest BCUT2D eigenvalue weighted by Gasteiger charge is 2.25. The van der Waals surface area contributed by atoms with Gasteiger partial charge in [-0.15, -0.1) is 0 Å². The number of primary amides is 1. The first-order valence-electron chi connectivity index (χ1n) is 8.75. The van der Waals surface area contributed by atoms with Gasteiger partial charge in [0, 0.05) is 48.4 Å². The van der Waals surface area contributed by atoms with Gasteiger partial charge in [-0.05, 0) is 36.8 Å². The molecule has 28 heavy (non-hydrogen) atoms. The van der Waals surface area contributed by atoms with Crippen molar-refractivity contribution in [3.8, 4) is 0 Å². The lowest BCUT2D eigenvalue weighted by Gasteiger charge is -2.23. The van der Waals surface area contributed by atoms with E-state index in [2.05, 4.69) is 0 Å². The van der Waals surface area contributed by atoms with Gasteiger partial charge in [0.25, 0.3) is 11.6 Å². The third-order valence-electron chi connectivity index (χ3n) is 4.65. The number of anilines is 1. The second-order valence-electron chi connectivity index (χ2n) is 6.47. The van der Waals surface area contributed by atoms with Crippen LogP contribution in [0.1, 0.15) is 27.1 Å². The summed E-state index contributed by atoms with van der Waals surface area (Å²) in [5.74, 6) is -0.841. The fourth-order valence-corrected chi connectivity index (χ4v) is 3.45. The molecule has 0 spiro atoms. The van der Waals surface area contributed by atoms with Crippen LogP contribution >= 0.6 is 11.6 Å². The van der Waals surface area contributed by atoms with Crippen LogP contribution in [0.4, 0.5) is 11.4 Å². The monoisotopic (exact) mass is 402 g/mol. The summed E-state index contributed by atoms with van der Waals surface area (Å²) < 4.78 is 0. The summed E-state index contributed by atoms with van der Waals surface area (Å²) in [6.45, 7) is 1.94. The molecule has 1 fully saturated rings. The molecular formula is C19H19ClN4O4. The fourth-order valence-electron chi connectivity index (χ4n) is 3.26. The van der Waals surface area contributed by atoms with Crippen molar-refractivity contribution in [1.29, 1.82) is 0 Å². The molecule has 0 aromatic heterocycles. The number of carbonyl (C=O) groups is 2. The normalized spacial score (nSPS) is 14.5. The summed E-state index contributed by atoms with van der Waals surface area (Å²) in [4.78, 5) is 38.6. The van der Waals surface area contributed by atoms with Crippen molar-refractivity contribution in [3.63, 3.8) is 0 Å². The molecule has 0 bridgehead atoms. The Morgan fingerprint density at radius 1 is 1.04 bits per heavy atom. The Morgan fingerprint density at radius 2 is 1.82 bits per heavy atom. The van der Waals surface area contributed by atoms with Gasteiger partial charge >= 0.3 is 0 Å². The van der Waals surface area contributed by atoms with Crippen LogP contribution in [-0.4, -0.2) is 47.8 Å². The van der Waals surface area contributed by atoms with Crippen LogP contribution in [-0.2, 0) is 0 Å². The summed E-state index contributed by atoms with van der Waals surface area (Å²) in [5, 5.41) is 12.0. The molecule has 1 aliphatic rings. The molecule has 0 radical (unpaired) electrons. The molecule has 2 N–H and O–H groups in total. The predicted molar refractivity (Wildman–Crippen MR) is 106 cm³/mol. The maximum atomic E-state index is 12.7. The first-order chi connectivity index (χ1) is 13.4. The zero-order chi connectivity index (χ0) is 20.3. The second-order valence-corrected chi connectivity index (χ2v) is 6.90. The average molecular weight is 403 g/mol. The highest BCUT2D eigenvalue weighted by molar-refractivity contribution is 6.30. The molecule has 0 saturated carbocycles. The minimum absolute atomic E-state index is 0.0861. The van der Waals surface area contributed by atoms with E-state index < -0.39 is 10.8 Å². The van der Waals surface area contributed by atoms with E-state index in [1.54, 1.807) is 29.2 Å². The number of nitrogens with zero attached hydrogens (tertiary/aromatic N) is 3. The Kier molecular flexibility index (Phi) is 5.79. The third-order valence-corrected chi connectivity index (χ3v) is 4.89. The van der Waals surface area contributed by atoms with Crippen LogP contribution < -0.4 is 10.6 Å². The predicted octanol–water partition coefficient (Wildman–Crippen LogP) is 2.70. The van der Waals surface area contributed by atoms with E-state index in [0.717, 1.165) is 0 Å². The fraction of sp³-hybridized carbons (Fsp3) is 0.263. The molecule has 0 unspecified atom stereocenters. The van der Waals surface area contributed by atoms with Crippen LogP contribution in [0.3, 0.4) is 0 Å². The highest BCUT2D eigenvalue weighted by Crippen LogP contribution is 2.30. The molecule has 3 rings (SSSR count). The molecule has 9 heteroatoms. The first kappa shape index (κ1) is 19.6. The Hall–Kier alpha value is -3.13. The van der Waals surface area contributed by atoms with Crippen molar-refractivity contribution in [1.82, 2.24) is 4.90 Å². The molecule has 2 aromatic rings. The number of carbonyl (C=O) groups excluding carboxylic acids is 2. The van der Waals surface area contributed by atoms with Crippen molar-refractivity contribution < 1.29 is 14.5 Å². The van der Waals surface area contributed by atoms with Crippen molar-refractivity contribution in [3.05, 3.63) is 68.7 Å². The Bertz CT molecular complexity index is 934. The second kappa shape index (κ2) is 8.26. The SMILES string of the molecule is NC(=O)c1ccc(N2CCCN(C(=O)c3cccc(Cl)c3)CC2)c([N+](=O)[O-])c1. The smallest absolute Gasteiger partial charge is 0.293 e. The number of rotatable bonds is 4. The van der Waals surface area contributed by atoms with Crippen molar-refractivity contribution >= 4 is 34.8 Å². The molecule has 0 aliphatic carbocycles. The van der Waals surface area contributed by atoms with Crippen LogP contribution in [0.5, 0.6) is 0 Å². The molecular weight excluding hydrogens is 384 g/mol. The summed E-state index contributed by atoms with van der Waals surface area (Å²) in [6, 6.07) is 11.0. The number of nitro groups is 1. The lowest BCUT2D eigenvalue weighted by atomic mass is 10.1. The summed E-state index contributed by atoms with van der Waals surface area (Å²) in [5.41, 5.74) is 6.06. The standard InChI is InChI=1S/C19H19ClN4O4/c20-15-4-1-3-14(11-15)19(26)23-8-2-7-22(9-10-23)16-6-5-13(18(21)25)12-17(16)24(27)28/h1,3-6,11-12H,2,7-10H2,(H2,21,25). The van der Waals surface area contributed by atoms with E-state index in [9.17, 15) is 19.7 Å². The van der Waals surface area contributed by atoms with Crippen LogP contribution in [0.2, 0.25) is 5.02 Å². The quantitative estimate of drug-likeness (QED) is 0.624. The van der Waals surface area contributed by atoms with Crippen molar-refractivity contribution in [2.24, 2.45) is 5.73 Å². The zero-order valence-corrected chi connectivity index (χ0v) is 15.8. The summed E-state index contributed by atoms with van der Waals surface area (Å²) in [7, 11) is 0. The van der Waals surface area contributed by atoms with Gasteiger partial charge in [0.1, 0.15) is 5.69 Å². The van der Waals surface area contributed by atoms with Gasteiger partial charge < -0.3 is 15.5 Å². The zero-order valence-electron chi connectivity index (χ0n) is 15.0. The molecule has 0 atom stereocenters. The molecule has 1 aliphatic heterocycles. The number of hydrogen-bond acceptors (Lipinski definition) is 5. The van der Waals surface area contributed by atoms with Crippen LogP contribution in [0.25, 0.3) is 0 Å². The molecule has 1 heterocycles. The number of nitro benzene ring substituents is 1. The Morgan fingerprint density at radius 3 is 2.50 bits per heavy atom. The maximum Gasteiger partial charge on any atom is 0.293 e. The average Bonchev–Trinajstić information content (AvgIpc) is 2.93. The van der Waals surface area contributed by atoms with E-state index in [1.807, 2.05) is 4.90 Å². The number of amides is 2. The number of nitrogens with two attached hydrogens (primary N) is 1.